The number of unbranched alkanes of at least 4 members (excludes halogenated alkanes) is 2. The monoisotopic (exact) mass is 840 g/mol. The van der Waals surface area contributed by atoms with E-state index in [2.05, 4.69) is 38.7 Å². The minimum atomic E-state index is -0.581. The largest absolute Gasteiger partial charge is 0.370 e. The van der Waals surface area contributed by atoms with Crippen molar-refractivity contribution in [2.75, 3.05) is 45.9 Å². The van der Waals surface area contributed by atoms with E-state index in [0.29, 0.717) is 17.8 Å². The predicted octanol–water partition coefficient (Wildman–Crippen LogP) is 8.08. The van der Waals surface area contributed by atoms with Crippen molar-refractivity contribution in [2.24, 2.45) is 5.92 Å². The van der Waals surface area contributed by atoms with Gasteiger partial charge in [0.2, 0.25) is 17.6 Å². The van der Waals surface area contributed by atoms with Crippen molar-refractivity contribution in [3.05, 3.63) is 92.8 Å². The fraction of sp³-hybridized carbons (Fsp3) is 0.543. The highest BCUT2D eigenvalue weighted by Crippen LogP contribution is 2.46. The van der Waals surface area contributed by atoms with Gasteiger partial charge in [0.1, 0.15) is 22.6 Å². The van der Waals surface area contributed by atoms with Gasteiger partial charge in [-0.3, -0.25) is 19.4 Å². The molecular weight excluding hydrogens is 784 g/mol. The lowest BCUT2D eigenvalue weighted by molar-refractivity contribution is -0.141. The van der Waals surface area contributed by atoms with E-state index in [-0.39, 0.29) is 41.7 Å². The van der Waals surface area contributed by atoms with Crippen molar-refractivity contribution < 1.29 is 23.5 Å². The van der Waals surface area contributed by atoms with E-state index >= 15 is 0 Å². The number of carbonyl (C=O) groups excluding carboxylic acids is 3. The van der Waals surface area contributed by atoms with Gasteiger partial charge in [0, 0.05) is 59.1 Å². The number of nitrogens with zero attached hydrogens (tertiary/aromatic N) is 4. The minimum absolute atomic E-state index is 0.0410. The molecule has 1 saturated carbocycles. The number of thiophene rings is 1. The quantitative estimate of drug-likeness (QED) is 0.0913. The molecule has 2 N–H and O–H groups in total. The number of piperidine rings is 2. The lowest BCUT2D eigenvalue weighted by atomic mass is 9.82. The van der Waals surface area contributed by atoms with Gasteiger partial charge in [0.05, 0.1) is 24.8 Å². The zero-order valence-corrected chi connectivity index (χ0v) is 35.6. The van der Waals surface area contributed by atoms with Crippen molar-refractivity contribution in [1.29, 1.82) is 0 Å². The Morgan fingerprint density at radius 2 is 1.71 bits per heavy atom. The molecule has 2 atom stereocenters. The Labute approximate surface area is 355 Å². The molecule has 4 aliphatic rings. The number of carbonyl (C=O) groups is 3. The molecule has 2 unspecified atom stereocenters. The number of nitrogens with one attached hydrogen (secondary N) is 2. The number of pyridine rings is 1. The summed E-state index contributed by atoms with van der Waals surface area (Å²) in [7, 11) is 0. The number of halogens is 1. The summed E-state index contributed by atoms with van der Waals surface area (Å²) in [6, 6.07) is 11.2. The van der Waals surface area contributed by atoms with Gasteiger partial charge in [-0.2, -0.15) is 0 Å². The van der Waals surface area contributed by atoms with E-state index in [1.54, 1.807) is 5.38 Å². The highest BCUT2D eigenvalue weighted by atomic mass is 32.1. The van der Waals surface area contributed by atoms with Crippen LogP contribution in [0, 0.1) is 11.7 Å². The summed E-state index contributed by atoms with van der Waals surface area (Å²) in [5.74, 6) is -0.746. The van der Waals surface area contributed by atoms with Crippen LogP contribution in [0.25, 0.3) is 10.4 Å². The van der Waals surface area contributed by atoms with E-state index in [0.717, 1.165) is 128 Å². The van der Waals surface area contributed by atoms with Crippen molar-refractivity contribution in [1.82, 2.24) is 30.4 Å². The van der Waals surface area contributed by atoms with Crippen LogP contribution in [0.4, 0.5) is 4.39 Å². The summed E-state index contributed by atoms with van der Waals surface area (Å²) in [6.45, 7) is 5.49. The first kappa shape index (κ1) is 41.8. The van der Waals surface area contributed by atoms with E-state index in [4.69, 9.17) is 9.72 Å². The molecule has 0 bridgehead atoms. The molecule has 3 aromatic heterocycles. The van der Waals surface area contributed by atoms with Crippen LogP contribution in [0.3, 0.4) is 0 Å². The first-order valence-electron chi connectivity index (χ1n) is 21.8. The Bertz CT molecular complexity index is 2030. The Morgan fingerprint density at radius 3 is 2.51 bits per heavy atom. The number of benzene rings is 1. The van der Waals surface area contributed by atoms with Crippen LogP contribution in [-0.2, 0) is 26.3 Å². The number of ketones is 1. The summed E-state index contributed by atoms with van der Waals surface area (Å²) in [5, 5.41) is 8.99. The highest BCUT2D eigenvalue weighted by Gasteiger charge is 2.42. The Hall–Kier alpha value is -3.88. The van der Waals surface area contributed by atoms with Gasteiger partial charge in [0.15, 0.2) is 0 Å². The van der Waals surface area contributed by atoms with Gasteiger partial charge < -0.3 is 25.2 Å². The van der Waals surface area contributed by atoms with Crippen LogP contribution < -0.4 is 10.6 Å². The van der Waals surface area contributed by atoms with Crippen LogP contribution >= 0.6 is 22.7 Å². The molecule has 2 amide bonds. The molecule has 10 nitrogen and oxygen atoms in total. The zero-order valence-electron chi connectivity index (χ0n) is 34.0. The molecule has 1 aliphatic carbocycles. The van der Waals surface area contributed by atoms with Crippen molar-refractivity contribution >= 4 is 40.3 Å². The topological polar surface area (TPSA) is 117 Å². The number of amides is 2. The molecule has 0 radical (unpaired) electrons. The molecule has 3 aliphatic heterocycles. The van der Waals surface area contributed by atoms with Crippen molar-refractivity contribution in [3.8, 4) is 10.4 Å². The number of fused-ring (bicyclic) bond motifs is 2. The molecule has 314 valence electrons. The third-order valence-electron chi connectivity index (χ3n) is 12.9. The predicted molar refractivity (Wildman–Crippen MR) is 230 cm³/mol. The van der Waals surface area contributed by atoms with Gasteiger partial charge in [-0.1, -0.05) is 25.7 Å². The van der Waals surface area contributed by atoms with Crippen LogP contribution in [0.15, 0.2) is 60.2 Å². The van der Waals surface area contributed by atoms with Gasteiger partial charge in [0.25, 0.3) is 0 Å². The normalized spacial score (nSPS) is 20.3. The molecule has 8 rings (SSSR count). The summed E-state index contributed by atoms with van der Waals surface area (Å²) >= 11 is 3.30. The number of rotatable bonds is 15. The van der Waals surface area contributed by atoms with Crippen LogP contribution in [0.5, 0.6) is 0 Å². The Kier molecular flexibility index (Phi) is 13.9. The van der Waals surface area contributed by atoms with Crippen molar-refractivity contribution in [3.63, 3.8) is 0 Å². The lowest BCUT2D eigenvalue weighted by Gasteiger charge is -2.44. The second kappa shape index (κ2) is 19.7. The molecule has 13 heteroatoms. The standard InChI is InChI=1S/C46H57FN6O4S2/c47-35-14-12-34(13-15-35)43(55)37-31-58-44(50-37)38-11-5-8-25-53(38)45(56)42(33-9-3-1-4-10-33)51-41(54)30-49-21-6-2-7-24-52-26-19-46(20-27-52)36-29-40(32-16-22-48-23-17-32)59-39(36)18-28-57-46/h12-17,22-23,29,31,33,38,42,49H,1-11,18-21,24-28,30H2,(H,51,54). The lowest BCUT2D eigenvalue weighted by Crippen LogP contribution is -2.55. The Balaban J connectivity index is 0.784. The molecule has 1 aromatic carbocycles. The average Bonchev–Trinajstić information content (AvgIpc) is 3.96. The van der Waals surface area contributed by atoms with Gasteiger partial charge in [-0.05, 0) is 130 Å². The molecule has 3 fully saturated rings. The number of aromatic nitrogens is 2. The maximum absolute atomic E-state index is 14.4. The van der Waals surface area contributed by atoms with Crippen LogP contribution in [-0.4, -0.2) is 89.3 Å². The molecule has 2 saturated heterocycles. The van der Waals surface area contributed by atoms with Crippen LogP contribution in [0.2, 0.25) is 0 Å². The number of hydrogen-bond acceptors (Lipinski definition) is 10. The summed E-state index contributed by atoms with van der Waals surface area (Å²) in [5.41, 5.74) is 3.16. The summed E-state index contributed by atoms with van der Waals surface area (Å²) in [4.78, 5) is 57.1. The number of thiazole rings is 1. The van der Waals surface area contributed by atoms with Crippen molar-refractivity contribution in [2.45, 2.75) is 108 Å². The second-order valence-corrected chi connectivity index (χ2v) is 18.8. The van der Waals surface area contributed by atoms with E-state index < -0.39 is 11.9 Å². The first-order chi connectivity index (χ1) is 28.9. The highest BCUT2D eigenvalue weighted by molar-refractivity contribution is 7.15. The summed E-state index contributed by atoms with van der Waals surface area (Å²) < 4.78 is 20.0. The first-order valence-corrected chi connectivity index (χ1v) is 23.5. The zero-order chi connectivity index (χ0) is 40.6. The molecule has 59 heavy (non-hydrogen) atoms. The Morgan fingerprint density at radius 1 is 0.932 bits per heavy atom. The number of ether oxygens (including phenoxy) is 1. The van der Waals surface area contributed by atoms with Crippen LogP contribution in [0.1, 0.15) is 121 Å². The molecule has 4 aromatic rings. The van der Waals surface area contributed by atoms with Gasteiger partial charge in [-0.25, -0.2) is 9.37 Å². The van der Waals surface area contributed by atoms with E-state index in [1.165, 1.54) is 56.5 Å². The number of hydrogen-bond donors (Lipinski definition) is 2. The maximum atomic E-state index is 14.4. The van der Waals surface area contributed by atoms with Gasteiger partial charge >= 0.3 is 0 Å². The summed E-state index contributed by atoms with van der Waals surface area (Å²) in [6.07, 6.45) is 17.7. The molecule has 1 spiro atoms. The molecular formula is C46H57FN6O4S2. The second-order valence-electron chi connectivity index (χ2n) is 16.7. The maximum Gasteiger partial charge on any atom is 0.246 e. The smallest absolute Gasteiger partial charge is 0.246 e. The third kappa shape index (κ3) is 10.0. The fourth-order valence-corrected chi connectivity index (χ4v) is 11.8. The SMILES string of the molecule is O=C(CNCCCCCN1CCC2(CC1)OCCc1sc(-c3ccncc3)cc12)NC(C(=O)N1CCCCC1c1nc(C(=O)c2ccc(F)cc2)cs1)C1CCCCC1. The minimum Gasteiger partial charge on any atom is -0.370 e. The number of likely N-dealkylation sites (tertiary alicyclic amines) is 2. The van der Waals surface area contributed by atoms with E-state index in [9.17, 15) is 18.8 Å². The van der Waals surface area contributed by atoms with E-state index in [1.807, 2.05) is 28.6 Å². The fourth-order valence-electron chi connectivity index (χ4n) is 9.59. The van der Waals surface area contributed by atoms with Gasteiger partial charge in [-0.15, -0.1) is 22.7 Å². The average molecular weight is 841 g/mol. The molecule has 6 heterocycles. The third-order valence-corrected chi connectivity index (χ3v) is 15.1.